The molecule has 34 heavy (non-hydrogen) atoms. The summed E-state index contributed by atoms with van der Waals surface area (Å²) in [6.07, 6.45) is -2.81. The van der Waals surface area contributed by atoms with Gasteiger partial charge in [-0.2, -0.15) is 0 Å². The van der Waals surface area contributed by atoms with Gasteiger partial charge in [0.25, 0.3) is 0 Å². The maximum Gasteiger partial charge on any atom is 0.190 e. The van der Waals surface area contributed by atoms with Gasteiger partial charge in [-0.25, -0.2) is 0 Å². The molecule has 2 aliphatic rings. The van der Waals surface area contributed by atoms with Gasteiger partial charge >= 0.3 is 0 Å². The minimum absolute atomic E-state index is 0.142. The van der Waals surface area contributed by atoms with Crippen LogP contribution in [0.15, 0.2) is 91.0 Å². The Morgan fingerprint density at radius 1 is 0.853 bits per heavy atom. The highest BCUT2D eigenvalue weighted by Crippen LogP contribution is 2.42. The summed E-state index contributed by atoms with van der Waals surface area (Å²) in [5.41, 5.74) is 8.62. The van der Waals surface area contributed by atoms with E-state index in [1.54, 1.807) is 13.8 Å². The Balaban J connectivity index is 1.46. The lowest BCUT2D eigenvalue weighted by Gasteiger charge is -2.37. The third-order valence-electron chi connectivity index (χ3n) is 6.51. The Kier molecular flexibility index (Phi) is 6.29. The molecule has 0 spiro atoms. The number of aliphatic hydroxyl groups excluding tert-OH is 1. The second kappa shape index (κ2) is 9.23. The quantitative estimate of drug-likeness (QED) is 0.524. The molecule has 0 radical (unpaired) electrons. The van der Waals surface area contributed by atoms with Crippen LogP contribution in [0.1, 0.15) is 30.5 Å². The molecule has 0 saturated carbocycles. The number of rotatable bonds is 7. The summed E-state index contributed by atoms with van der Waals surface area (Å²) in [7, 11) is 0. The average Bonchev–Trinajstić information content (AvgIpc) is 3.33. The predicted molar refractivity (Wildman–Crippen MR) is 128 cm³/mol. The molecule has 3 N–H and O–H groups in total. The normalized spacial score (nSPS) is 26.8. The van der Waals surface area contributed by atoms with E-state index < -0.39 is 42.0 Å². The number of hydrogen-bond acceptors (Lipinski definition) is 6. The van der Waals surface area contributed by atoms with Crippen LogP contribution in [0.25, 0.3) is 0 Å². The summed E-state index contributed by atoms with van der Waals surface area (Å²) in [4.78, 5) is 0. The van der Waals surface area contributed by atoms with Gasteiger partial charge in [-0.05, 0) is 30.5 Å². The van der Waals surface area contributed by atoms with Crippen molar-refractivity contribution >= 4 is 0 Å². The van der Waals surface area contributed by atoms with E-state index in [1.807, 2.05) is 54.6 Å². The highest BCUT2D eigenvalue weighted by atomic mass is 16.8. The molecule has 0 amide bonds. The van der Waals surface area contributed by atoms with Gasteiger partial charge in [0, 0.05) is 0 Å². The van der Waals surface area contributed by atoms with Crippen LogP contribution in [-0.2, 0) is 24.5 Å². The smallest absolute Gasteiger partial charge is 0.190 e. The van der Waals surface area contributed by atoms with Crippen LogP contribution in [0.4, 0.5) is 0 Å². The van der Waals surface area contributed by atoms with E-state index in [0.717, 1.165) is 16.7 Å². The highest BCUT2D eigenvalue weighted by molar-refractivity contribution is 5.47. The fourth-order valence-corrected chi connectivity index (χ4v) is 4.95. The van der Waals surface area contributed by atoms with Crippen molar-refractivity contribution in [2.45, 2.75) is 55.9 Å². The number of nitrogens with two attached hydrogens (primary N) is 1. The summed E-state index contributed by atoms with van der Waals surface area (Å²) in [6.45, 7) is 3.74. The van der Waals surface area contributed by atoms with Crippen molar-refractivity contribution in [1.82, 2.24) is 0 Å². The highest BCUT2D eigenvalue weighted by Gasteiger charge is 2.55. The standard InChI is InChI=1S/C28H31NO5/c1-27(2)33-25-23(30)24(32-26(25)34-27)22(29)18-31-28(19-12-6-3-7-13-19,20-14-8-4-9-15-20)21-16-10-5-11-17-21/h3-17,22-26,30H,18,29H2,1-2H3/t22?,23-,24+,25?,26-/m1/s1. The zero-order chi connectivity index (χ0) is 23.8. The maximum atomic E-state index is 10.9. The Morgan fingerprint density at radius 3 is 1.76 bits per heavy atom. The zero-order valence-electron chi connectivity index (χ0n) is 19.4. The first kappa shape index (κ1) is 23.2. The van der Waals surface area contributed by atoms with Crippen molar-refractivity contribution in [1.29, 1.82) is 0 Å². The van der Waals surface area contributed by atoms with E-state index in [9.17, 15) is 5.11 Å². The monoisotopic (exact) mass is 461 g/mol. The Bertz CT molecular complexity index is 979. The zero-order valence-corrected chi connectivity index (χ0v) is 19.4. The third-order valence-corrected chi connectivity index (χ3v) is 6.51. The van der Waals surface area contributed by atoms with E-state index in [1.165, 1.54) is 0 Å². The molecule has 178 valence electrons. The van der Waals surface area contributed by atoms with E-state index in [4.69, 9.17) is 24.7 Å². The van der Waals surface area contributed by atoms with Crippen molar-refractivity contribution in [2.75, 3.05) is 6.61 Å². The molecule has 0 aliphatic carbocycles. The van der Waals surface area contributed by atoms with Crippen molar-refractivity contribution in [3.8, 4) is 0 Å². The van der Waals surface area contributed by atoms with Gasteiger partial charge < -0.3 is 29.8 Å². The predicted octanol–water partition coefficient (Wildman–Crippen LogP) is 3.56. The van der Waals surface area contributed by atoms with Crippen LogP contribution in [0, 0.1) is 0 Å². The number of benzene rings is 3. The molecule has 2 heterocycles. The SMILES string of the molecule is CC1(C)OC2[C@H](O[C@@H](C(N)COC(c3ccccc3)(c3ccccc3)c3ccccc3)[C@H]2O)O1. The van der Waals surface area contributed by atoms with Gasteiger partial charge in [-0.15, -0.1) is 0 Å². The van der Waals surface area contributed by atoms with Crippen molar-refractivity contribution in [2.24, 2.45) is 5.73 Å². The van der Waals surface area contributed by atoms with E-state index >= 15 is 0 Å². The molecule has 3 aromatic rings. The molecular weight excluding hydrogens is 430 g/mol. The van der Waals surface area contributed by atoms with E-state index in [0.29, 0.717) is 0 Å². The van der Waals surface area contributed by atoms with Gasteiger partial charge in [-0.1, -0.05) is 91.0 Å². The molecule has 5 atom stereocenters. The summed E-state index contributed by atoms with van der Waals surface area (Å²) in [5, 5.41) is 10.9. The third kappa shape index (κ3) is 4.18. The summed E-state index contributed by atoms with van der Waals surface area (Å²) >= 11 is 0. The molecule has 2 unspecified atom stereocenters. The van der Waals surface area contributed by atoms with E-state index in [2.05, 4.69) is 36.4 Å². The molecule has 2 aliphatic heterocycles. The van der Waals surface area contributed by atoms with Crippen LogP contribution in [-0.4, -0.2) is 48.1 Å². The summed E-state index contributed by atoms with van der Waals surface area (Å²) < 4.78 is 24.4. The van der Waals surface area contributed by atoms with Crippen LogP contribution < -0.4 is 5.73 Å². The molecule has 3 aromatic carbocycles. The van der Waals surface area contributed by atoms with Gasteiger partial charge in [0.2, 0.25) is 0 Å². The first-order valence-corrected chi connectivity index (χ1v) is 11.7. The second-order valence-corrected chi connectivity index (χ2v) is 9.31. The lowest BCUT2D eigenvalue weighted by molar-refractivity contribution is -0.218. The van der Waals surface area contributed by atoms with E-state index in [-0.39, 0.29) is 6.61 Å². The number of hydrogen-bond donors (Lipinski definition) is 2. The molecule has 0 aromatic heterocycles. The number of ether oxygens (including phenoxy) is 4. The molecule has 6 nitrogen and oxygen atoms in total. The van der Waals surface area contributed by atoms with Gasteiger partial charge in [0.05, 0.1) is 12.6 Å². The largest absolute Gasteiger partial charge is 0.387 e. The Hall–Kier alpha value is -2.58. The lowest BCUT2D eigenvalue weighted by atomic mass is 9.80. The Morgan fingerprint density at radius 2 is 1.32 bits per heavy atom. The van der Waals surface area contributed by atoms with Gasteiger partial charge in [0.1, 0.15) is 23.9 Å². The average molecular weight is 462 g/mol. The molecule has 2 saturated heterocycles. The Labute approximate surface area is 200 Å². The first-order chi connectivity index (χ1) is 16.4. The van der Waals surface area contributed by atoms with Gasteiger partial charge in [-0.3, -0.25) is 0 Å². The second-order valence-electron chi connectivity index (χ2n) is 9.31. The van der Waals surface area contributed by atoms with Crippen molar-refractivity contribution < 1.29 is 24.1 Å². The molecule has 0 bridgehead atoms. The van der Waals surface area contributed by atoms with Crippen LogP contribution in [0.2, 0.25) is 0 Å². The maximum absolute atomic E-state index is 10.9. The van der Waals surface area contributed by atoms with Crippen molar-refractivity contribution in [3.63, 3.8) is 0 Å². The van der Waals surface area contributed by atoms with Gasteiger partial charge in [0.15, 0.2) is 12.1 Å². The van der Waals surface area contributed by atoms with Crippen LogP contribution in [0.5, 0.6) is 0 Å². The lowest BCUT2D eigenvalue weighted by Crippen LogP contribution is -2.49. The summed E-state index contributed by atoms with van der Waals surface area (Å²) in [6, 6.07) is 29.7. The minimum Gasteiger partial charge on any atom is -0.387 e. The topological polar surface area (TPSA) is 83.2 Å². The van der Waals surface area contributed by atoms with Crippen molar-refractivity contribution in [3.05, 3.63) is 108 Å². The fourth-order valence-electron chi connectivity index (χ4n) is 4.95. The first-order valence-electron chi connectivity index (χ1n) is 11.7. The molecule has 5 rings (SSSR count). The fraction of sp³-hybridized carbons (Fsp3) is 0.357. The minimum atomic E-state index is -0.912. The molecule has 2 fully saturated rings. The van der Waals surface area contributed by atoms with Crippen LogP contribution >= 0.6 is 0 Å². The van der Waals surface area contributed by atoms with Crippen LogP contribution in [0.3, 0.4) is 0 Å². The number of fused-ring (bicyclic) bond motifs is 1. The molecular formula is C28H31NO5. The number of aliphatic hydroxyl groups is 1. The summed E-state index contributed by atoms with van der Waals surface area (Å²) in [5.74, 6) is -0.801. The molecule has 6 heteroatoms.